The number of amides is 1. The van der Waals surface area contributed by atoms with E-state index in [-0.39, 0.29) is 30.1 Å². The van der Waals surface area contributed by atoms with Crippen LogP contribution in [0, 0.1) is 5.92 Å². The Kier molecular flexibility index (Phi) is 7.54. The van der Waals surface area contributed by atoms with Gasteiger partial charge in [-0.1, -0.05) is 50.2 Å². The minimum absolute atomic E-state index is 0.0469. The standard InChI is InChI=1S/C25H27NO6/c1-16(2)24(18-10-11-20(29-3)21(12-18)30-4)26-25(28)22-13-19(27)23(15-32-22)31-14-17-8-6-5-7-9-17/h5-13,15-16,24H,14H2,1-4H3,(H,26,28)/t24-/m1/s1. The second-order valence-corrected chi connectivity index (χ2v) is 7.56. The van der Waals surface area contributed by atoms with Gasteiger partial charge < -0.3 is 23.9 Å². The molecule has 168 valence electrons. The topological polar surface area (TPSA) is 87.0 Å². The summed E-state index contributed by atoms with van der Waals surface area (Å²) in [5.41, 5.74) is 1.34. The molecule has 0 unspecified atom stereocenters. The molecular weight excluding hydrogens is 410 g/mol. The van der Waals surface area contributed by atoms with Crippen molar-refractivity contribution in [3.05, 3.63) is 88.0 Å². The summed E-state index contributed by atoms with van der Waals surface area (Å²) in [6.07, 6.45) is 1.17. The summed E-state index contributed by atoms with van der Waals surface area (Å²) >= 11 is 0. The Labute approximate surface area is 186 Å². The summed E-state index contributed by atoms with van der Waals surface area (Å²) < 4.78 is 21.6. The van der Waals surface area contributed by atoms with E-state index in [1.54, 1.807) is 20.3 Å². The van der Waals surface area contributed by atoms with Crippen LogP contribution in [0.5, 0.6) is 17.2 Å². The van der Waals surface area contributed by atoms with Gasteiger partial charge in [0.15, 0.2) is 17.3 Å². The Morgan fingerprint density at radius 3 is 2.31 bits per heavy atom. The maximum absolute atomic E-state index is 12.8. The van der Waals surface area contributed by atoms with Gasteiger partial charge in [0.05, 0.1) is 20.3 Å². The summed E-state index contributed by atoms with van der Waals surface area (Å²) in [4.78, 5) is 25.2. The first-order valence-electron chi connectivity index (χ1n) is 10.2. The molecule has 0 aliphatic carbocycles. The summed E-state index contributed by atoms with van der Waals surface area (Å²) in [5.74, 6) is 0.694. The van der Waals surface area contributed by atoms with E-state index in [1.165, 1.54) is 6.26 Å². The van der Waals surface area contributed by atoms with E-state index in [1.807, 2.05) is 56.3 Å². The van der Waals surface area contributed by atoms with Crippen molar-refractivity contribution in [3.8, 4) is 17.2 Å². The van der Waals surface area contributed by atoms with Gasteiger partial charge in [0.2, 0.25) is 11.2 Å². The van der Waals surface area contributed by atoms with Gasteiger partial charge in [-0.25, -0.2) is 0 Å². The third-order valence-corrected chi connectivity index (χ3v) is 4.98. The first-order valence-corrected chi connectivity index (χ1v) is 10.2. The quantitative estimate of drug-likeness (QED) is 0.535. The summed E-state index contributed by atoms with van der Waals surface area (Å²) in [7, 11) is 3.12. The van der Waals surface area contributed by atoms with Gasteiger partial charge >= 0.3 is 0 Å². The molecule has 32 heavy (non-hydrogen) atoms. The normalized spacial score (nSPS) is 11.7. The fourth-order valence-corrected chi connectivity index (χ4v) is 3.25. The second kappa shape index (κ2) is 10.5. The Morgan fingerprint density at radius 2 is 1.69 bits per heavy atom. The molecule has 1 heterocycles. The van der Waals surface area contributed by atoms with Gasteiger partial charge in [-0.2, -0.15) is 0 Å². The molecule has 0 spiro atoms. The number of hydrogen-bond acceptors (Lipinski definition) is 6. The molecule has 0 saturated heterocycles. The van der Waals surface area contributed by atoms with Crippen LogP contribution in [0.2, 0.25) is 0 Å². The van der Waals surface area contributed by atoms with Crippen LogP contribution in [0.25, 0.3) is 0 Å². The maximum atomic E-state index is 12.8. The number of benzene rings is 2. The number of nitrogens with one attached hydrogen (secondary N) is 1. The lowest BCUT2D eigenvalue weighted by Gasteiger charge is -2.23. The monoisotopic (exact) mass is 437 g/mol. The van der Waals surface area contributed by atoms with E-state index in [0.717, 1.165) is 17.2 Å². The van der Waals surface area contributed by atoms with Crippen LogP contribution in [-0.2, 0) is 6.61 Å². The van der Waals surface area contributed by atoms with Crippen LogP contribution in [0.3, 0.4) is 0 Å². The van der Waals surface area contributed by atoms with E-state index in [4.69, 9.17) is 18.6 Å². The molecule has 0 fully saturated rings. The van der Waals surface area contributed by atoms with Crippen molar-refractivity contribution in [2.24, 2.45) is 5.92 Å². The number of methoxy groups -OCH3 is 2. The average molecular weight is 437 g/mol. The first-order chi connectivity index (χ1) is 15.4. The summed E-state index contributed by atoms with van der Waals surface area (Å²) in [6.45, 7) is 4.20. The van der Waals surface area contributed by atoms with Crippen LogP contribution >= 0.6 is 0 Å². The Hall–Kier alpha value is -3.74. The lowest BCUT2D eigenvalue weighted by molar-refractivity contribution is 0.0893. The molecule has 3 rings (SSSR count). The number of rotatable bonds is 9. The van der Waals surface area contributed by atoms with Crippen molar-refractivity contribution in [1.29, 1.82) is 0 Å². The lowest BCUT2D eigenvalue weighted by Crippen LogP contribution is -2.32. The van der Waals surface area contributed by atoms with Gasteiger partial charge in [-0.05, 0) is 29.2 Å². The zero-order valence-corrected chi connectivity index (χ0v) is 18.6. The summed E-state index contributed by atoms with van der Waals surface area (Å²) in [5, 5.41) is 2.93. The number of carbonyl (C=O) groups is 1. The molecule has 1 N–H and O–H groups in total. The predicted molar refractivity (Wildman–Crippen MR) is 120 cm³/mol. The highest BCUT2D eigenvalue weighted by Crippen LogP contribution is 2.32. The van der Waals surface area contributed by atoms with E-state index < -0.39 is 11.3 Å². The van der Waals surface area contributed by atoms with Crippen LogP contribution < -0.4 is 25.0 Å². The second-order valence-electron chi connectivity index (χ2n) is 7.56. The van der Waals surface area contributed by atoms with E-state index >= 15 is 0 Å². The Morgan fingerprint density at radius 1 is 0.969 bits per heavy atom. The third kappa shape index (κ3) is 5.49. The SMILES string of the molecule is COc1ccc([C@H](NC(=O)c2cc(=O)c(OCc3ccccc3)co2)C(C)C)cc1OC. The van der Waals surface area contributed by atoms with Crippen LogP contribution in [-0.4, -0.2) is 20.1 Å². The van der Waals surface area contributed by atoms with Crippen molar-refractivity contribution in [1.82, 2.24) is 5.32 Å². The molecule has 3 aromatic rings. The molecule has 7 nitrogen and oxygen atoms in total. The highest BCUT2D eigenvalue weighted by atomic mass is 16.5. The zero-order chi connectivity index (χ0) is 23.1. The Balaban J connectivity index is 1.74. The molecule has 1 amide bonds. The highest BCUT2D eigenvalue weighted by Gasteiger charge is 2.22. The van der Waals surface area contributed by atoms with Crippen molar-refractivity contribution in [2.45, 2.75) is 26.5 Å². The maximum Gasteiger partial charge on any atom is 0.287 e. The van der Waals surface area contributed by atoms with Gasteiger partial charge in [0.25, 0.3) is 5.91 Å². The van der Waals surface area contributed by atoms with E-state index in [9.17, 15) is 9.59 Å². The number of carbonyl (C=O) groups excluding carboxylic acids is 1. The molecule has 7 heteroatoms. The molecule has 2 aromatic carbocycles. The van der Waals surface area contributed by atoms with Crippen LogP contribution in [0.1, 0.15) is 41.6 Å². The Bertz CT molecular complexity index is 1110. The summed E-state index contributed by atoms with van der Waals surface area (Å²) in [6, 6.07) is 15.7. The molecule has 1 aromatic heterocycles. The molecule has 0 bridgehead atoms. The van der Waals surface area contributed by atoms with Gasteiger partial charge in [-0.3, -0.25) is 9.59 Å². The van der Waals surface area contributed by atoms with E-state index in [2.05, 4.69) is 5.32 Å². The predicted octanol–water partition coefficient (Wildman–Crippen LogP) is 4.36. The minimum atomic E-state index is -0.495. The van der Waals surface area contributed by atoms with Crippen molar-refractivity contribution in [3.63, 3.8) is 0 Å². The van der Waals surface area contributed by atoms with Crippen molar-refractivity contribution >= 4 is 5.91 Å². The third-order valence-electron chi connectivity index (χ3n) is 4.98. The van der Waals surface area contributed by atoms with E-state index in [0.29, 0.717) is 11.5 Å². The van der Waals surface area contributed by atoms with Gasteiger partial charge in [-0.15, -0.1) is 0 Å². The smallest absolute Gasteiger partial charge is 0.287 e. The first kappa shape index (κ1) is 22.9. The molecule has 0 aliphatic rings. The van der Waals surface area contributed by atoms with Gasteiger partial charge in [0, 0.05) is 6.07 Å². The van der Waals surface area contributed by atoms with Crippen molar-refractivity contribution in [2.75, 3.05) is 14.2 Å². The number of hydrogen-bond donors (Lipinski definition) is 1. The van der Waals surface area contributed by atoms with Crippen molar-refractivity contribution < 1.29 is 23.4 Å². The fraction of sp³-hybridized carbons (Fsp3) is 0.280. The highest BCUT2D eigenvalue weighted by molar-refractivity contribution is 5.91. The molecule has 0 radical (unpaired) electrons. The molecule has 1 atom stereocenters. The van der Waals surface area contributed by atoms with Gasteiger partial charge in [0.1, 0.15) is 12.9 Å². The average Bonchev–Trinajstić information content (AvgIpc) is 2.81. The lowest BCUT2D eigenvalue weighted by atomic mass is 9.95. The van der Waals surface area contributed by atoms with Crippen LogP contribution in [0.4, 0.5) is 0 Å². The zero-order valence-electron chi connectivity index (χ0n) is 18.6. The number of ether oxygens (including phenoxy) is 3. The molecule has 0 saturated carbocycles. The fourth-order valence-electron chi connectivity index (χ4n) is 3.25. The largest absolute Gasteiger partial charge is 0.493 e. The molecular formula is C25H27NO6. The van der Waals surface area contributed by atoms with Crippen LogP contribution in [0.15, 0.2) is 70.1 Å². The minimum Gasteiger partial charge on any atom is -0.493 e. The molecule has 0 aliphatic heterocycles.